The number of benzene rings is 1. The normalized spacial score (nSPS) is 13.3. The van der Waals surface area contributed by atoms with Gasteiger partial charge in [-0.25, -0.2) is 0 Å². The first-order chi connectivity index (χ1) is 6.16. The maximum absolute atomic E-state index is 9.10. The molecule has 0 fully saturated rings. The van der Waals surface area contributed by atoms with Crippen LogP contribution < -0.4 is 0 Å². The minimum atomic E-state index is -1.36. The van der Waals surface area contributed by atoms with E-state index in [0.29, 0.717) is 11.5 Å². The summed E-state index contributed by atoms with van der Waals surface area (Å²) in [6, 6.07) is 7.45. The Morgan fingerprint density at radius 1 is 1.15 bits per heavy atom. The van der Waals surface area contributed by atoms with E-state index in [1.807, 2.05) is 18.2 Å². The minimum absolute atomic E-state index is 0.373. The first-order valence-corrected chi connectivity index (χ1v) is 4.61. The molecule has 2 heteroatoms. The van der Waals surface area contributed by atoms with Gasteiger partial charge in [-0.3, -0.25) is 0 Å². The van der Waals surface area contributed by atoms with E-state index in [1.165, 1.54) is 0 Å². The Balaban J connectivity index is 3.04. The van der Waals surface area contributed by atoms with Gasteiger partial charge in [0.05, 0.1) is 0 Å². The first-order valence-electron chi connectivity index (χ1n) is 4.61. The predicted molar refractivity (Wildman–Crippen MR) is 52.3 cm³/mol. The number of hydrogen-bond acceptors (Lipinski definition) is 2. The second kappa shape index (κ2) is 4.40. The minimum Gasteiger partial charge on any atom is -0.364 e. The van der Waals surface area contributed by atoms with Crippen molar-refractivity contribution < 1.29 is 10.2 Å². The van der Waals surface area contributed by atoms with Crippen LogP contribution in [-0.2, 0) is 0 Å². The van der Waals surface area contributed by atoms with Crippen LogP contribution in [0.3, 0.4) is 0 Å². The van der Waals surface area contributed by atoms with E-state index < -0.39 is 6.29 Å². The molecular weight excluding hydrogens is 164 g/mol. The fourth-order valence-corrected chi connectivity index (χ4v) is 1.41. The van der Waals surface area contributed by atoms with Crippen LogP contribution in [0.25, 0.3) is 0 Å². The SMILES string of the molecule is CCC(C)c1ccccc1C(O)O. The molecule has 0 aromatic heterocycles. The van der Waals surface area contributed by atoms with Crippen LogP contribution in [0.2, 0.25) is 0 Å². The second-order valence-corrected chi connectivity index (χ2v) is 3.31. The van der Waals surface area contributed by atoms with E-state index in [1.54, 1.807) is 6.07 Å². The third-order valence-corrected chi connectivity index (χ3v) is 2.42. The van der Waals surface area contributed by atoms with Gasteiger partial charge < -0.3 is 10.2 Å². The molecule has 1 aromatic carbocycles. The molecule has 0 heterocycles. The fraction of sp³-hybridized carbons (Fsp3) is 0.455. The largest absolute Gasteiger partial charge is 0.364 e. The zero-order valence-corrected chi connectivity index (χ0v) is 8.07. The first kappa shape index (κ1) is 10.2. The van der Waals surface area contributed by atoms with Crippen molar-refractivity contribution in [2.45, 2.75) is 32.5 Å². The molecule has 1 rings (SSSR count). The van der Waals surface area contributed by atoms with Gasteiger partial charge in [0.25, 0.3) is 0 Å². The summed E-state index contributed by atoms with van der Waals surface area (Å²) in [6.45, 7) is 4.17. The van der Waals surface area contributed by atoms with Crippen LogP contribution in [0.15, 0.2) is 24.3 Å². The predicted octanol–water partition coefficient (Wildman–Crippen LogP) is 2.18. The molecule has 0 bridgehead atoms. The van der Waals surface area contributed by atoms with Gasteiger partial charge in [0, 0.05) is 5.56 Å². The molecule has 1 unspecified atom stereocenters. The maximum Gasteiger partial charge on any atom is 0.178 e. The van der Waals surface area contributed by atoms with Crippen molar-refractivity contribution in [1.82, 2.24) is 0 Å². The second-order valence-electron chi connectivity index (χ2n) is 3.31. The maximum atomic E-state index is 9.10. The van der Waals surface area contributed by atoms with E-state index in [0.717, 1.165) is 12.0 Å². The molecule has 0 saturated carbocycles. The van der Waals surface area contributed by atoms with Crippen LogP contribution in [0.4, 0.5) is 0 Å². The summed E-state index contributed by atoms with van der Waals surface area (Å²) < 4.78 is 0. The van der Waals surface area contributed by atoms with Crippen LogP contribution in [-0.4, -0.2) is 10.2 Å². The van der Waals surface area contributed by atoms with E-state index in [2.05, 4.69) is 13.8 Å². The van der Waals surface area contributed by atoms with Crippen molar-refractivity contribution >= 4 is 0 Å². The number of aliphatic hydroxyl groups excluding tert-OH is 1. The van der Waals surface area contributed by atoms with Gasteiger partial charge in [0.2, 0.25) is 0 Å². The zero-order chi connectivity index (χ0) is 9.84. The van der Waals surface area contributed by atoms with Gasteiger partial charge in [-0.05, 0) is 17.9 Å². The monoisotopic (exact) mass is 180 g/mol. The van der Waals surface area contributed by atoms with Gasteiger partial charge in [0.1, 0.15) is 0 Å². The summed E-state index contributed by atoms with van der Waals surface area (Å²) in [7, 11) is 0. The van der Waals surface area contributed by atoms with Gasteiger partial charge >= 0.3 is 0 Å². The van der Waals surface area contributed by atoms with Crippen molar-refractivity contribution in [3.05, 3.63) is 35.4 Å². The van der Waals surface area contributed by atoms with Crippen LogP contribution in [0, 0.1) is 0 Å². The Hall–Kier alpha value is -0.860. The Kier molecular flexibility index (Phi) is 3.46. The average molecular weight is 180 g/mol. The highest BCUT2D eigenvalue weighted by molar-refractivity contribution is 5.30. The van der Waals surface area contributed by atoms with Crippen molar-refractivity contribution in [3.63, 3.8) is 0 Å². The molecule has 1 aromatic rings. The zero-order valence-electron chi connectivity index (χ0n) is 8.07. The third kappa shape index (κ3) is 2.29. The summed E-state index contributed by atoms with van der Waals surface area (Å²) in [6.07, 6.45) is -0.353. The lowest BCUT2D eigenvalue weighted by Gasteiger charge is -2.15. The van der Waals surface area contributed by atoms with Gasteiger partial charge in [-0.1, -0.05) is 38.1 Å². The highest BCUT2D eigenvalue weighted by atomic mass is 16.5. The van der Waals surface area contributed by atoms with Crippen molar-refractivity contribution in [2.75, 3.05) is 0 Å². The molecule has 0 spiro atoms. The standard InChI is InChI=1S/C11H16O2/c1-3-8(2)9-6-4-5-7-10(9)11(12)13/h4-8,11-13H,3H2,1-2H3. The molecule has 0 aliphatic heterocycles. The molecule has 1 atom stereocenters. The Morgan fingerprint density at radius 3 is 2.15 bits per heavy atom. The van der Waals surface area contributed by atoms with Crippen molar-refractivity contribution in [3.8, 4) is 0 Å². The Labute approximate surface area is 78.8 Å². The third-order valence-electron chi connectivity index (χ3n) is 2.42. The fourth-order valence-electron chi connectivity index (χ4n) is 1.41. The molecule has 0 radical (unpaired) electrons. The van der Waals surface area contributed by atoms with E-state index >= 15 is 0 Å². The Bertz CT molecular complexity index is 269. The highest BCUT2D eigenvalue weighted by Gasteiger charge is 2.12. The molecule has 2 N–H and O–H groups in total. The van der Waals surface area contributed by atoms with Crippen LogP contribution in [0.5, 0.6) is 0 Å². The molecule has 0 amide bonds. The molecular formula is C11H16O2. The van der Waals surface area contributed by atoms with Gasteiger partial charge in [-0.2, -0.15) is 0 Å². The highest BCUT2D eigenvalue weighted by Crippen LogP contribution is 2.25. The summed E-state index contributed by atoms with van der Waals surface area (Å²) in [5.41, 5.74) is 1.65. The van der Waals surface area contributed by atoms with Gasteiger partial charge in [0.15, 0.2) is 6.29 Å². The van der Waals surface area contributed by atoms with Crippen LogP contribution in [0.1, 0.15) is 43.6 Å². The summed E-state index contributed by atoms with van der Waals surface area (Å²) in [4.78, 5) is 0. The topological polar surface area (TPSA) is 40.5 Å². The summed E-state index contributed by atoms with van der Waals surface area (Å²) in [5.74, 6) is 0.373. The number of hydrogen-bond donors (Lipinski definition) is 2. The quantitative estimate of drug-likeness (QED) is 0.700. The smallest absolute Gasteiger partial charge is 0.178 e. The number of rotatable bonds is 3. The van der Waals surface area contributed by atoms with Crippen molar-refractivity contribution in [2.24, 2.45) is 0 Å². The number of aliphatic hydroxyl groups is 2. The van der Waals surface area contributed by atoms with Crippen LogP contribution >= 0.6 is 0 Å². The summed E-state index contributed by atoms with van der Waals surface area (Å²) in [5, 5.41) is 18.2. The molecule has 0 aliphatic rings. The van der Waals surface area contributed by atoms with Gasteiger partial charge in [-0.15, -0.1) is 0 Å². The lowest BCUT2D eigenvalue weighted by molar-refractivity contribution is -0.0433. The average Bonchev–Trinajstić information content (AvgIpc) is 2.16. The molecule has 0 saturated heterocycles. The van der Waals surface area contributed by atoms with Crippen molar-refractivity contribution in [1.29, 1.82) is 0 Å². The lowest BCUT2D eigenvalue weighted by atomic mass is 9.93. The molecule has 2 nitrogen and oxygen atoms in total. The lowest BCUT2D eigenvalue weighted by Crippen LogP contribution is -2.03. The van der Waals surface area contributed by atoms with E-state index in [4.69, 9.17) is 10.2 Å². The van der Waals surface area contributed by atoms with E-state index in [-0.39, 0.29) is 0 Å². The molecule has 72 valence electrons. The molecule has 13 heavy (non-hydrogen) atoms. The van der Waals surface area contributed by atoms with E-state index in [9.17, 15) is 0 Å². The molecule has 0 aliphatic carbocycles. The summed E-state index contributed by atoms with van der Waals surface area (Å²) >= 11 is 0. The Morgan fingerprint density at radius 2 is 1.69 bits per heavy atom.